The summed E-state index contributed by atoms with van der Waals surface area (Å²) in [6, 6.07) is 20.0. The van der Waals surface area contributed by atoms with Gasteiger partial charge in [0, 0.05) is 47.4 Å². The van der Waals surface area contributed by atoms with Gasteiger partial charge in [-0.2, -0.15) is 0 Å². The van der Waals surface area contributed by atoms with E-state index in [4.69, 9.17) is 13.9 Å². The molecule has 1 aliphatic heterocycles. The first-order valence-corrected chi connectivity index (χ1v) is 13.8. The summed E-state index contributed by atoms with van der Waals surface area (Å²) in [5, 5.41) is 2.00. The van der Waals surface area contributed by atoms with Crippen LogP contribution in [0, 0.1) is 0 Å². The van der Waals surface area contributed by atoms with Crippen molar-refractivity contribution in [3.05, 3.63) is 71.6 Å². The smallest absolute Gasteiger partial charge is 0.338 e. The third-order valence-electron chi connectivity index (χ3n) is 7.04. The van der Waals surface area contributed by atoms with Crippen LogP contribution in [0.25, 0.3) is 33.4 Å². The number of alkyl halides is 1. The second-order valence-electron chi connectivity index (χ2n) is 9.17. The van der Waals surface area contributed by atoms with Crippen molar-refractivity contribution in [1.29, 1.82) is 0 Å². The first kappa shape index (κ1) is 28.3. The van der Waals surface area contributed by atoms with Gasteiger partial charge in [-0.05, 0) is 57.5 Å². The summed E-state index contributed by atoms with van der Waals surface area (Å²) >= 11 is 0. The molecule has 0 atom stereocenters. The van der Waals surface area contributed by atoms with Gasteiger partial charge in [-0.1, -0.05) is 18.2 Å². The number of ether oxygens (including phenoxy) is 2. The Labute approximate surface area is 229 Å². The van der Waals surface area contributed by atoms with Gasteiger partial charge in [-0.25, -0.2) is 13.8 Å². The molecular formula is C32H38FN2O4+. The highest BCUT2D eigenvalue weighted by molar-refractivity contribution is 6.08. The molecular weight excluding hydrogens is 494 g/mol. The first-order valence-electron chi connectivity index (χ1n) is 13.8. The summed E-state index contributed by atoms with van der Waals surface area (Å²) in [5.74, 6) is 0.303. The molecule has 0 aromatic heterocycles. The third kappa shape index (κ3) is 6.14. The Morgan fingerprint density at radius 1 is 0.897 bits per heavy atom. The topological polar surface area (TPSA) is 54.9 Å². The lowest BCUT2D eigenvalue weighted by molar-refractivity contribution is 0.0301. The van der Waals surface area contributed by atoms with Crippen molar-refractivity contribution in [3.8, 4) is 22.5 Å². The number of esters is 1. The first-order chi connectivity index (χ1) is 19.1. The summed E-state index contributed by atoms with van der Waals surface area (Å²) in [6.07, 6.45) is 0. The fraction of sp³-hybridized carbons (Fsp3) is 0.375. The van der Waals surface area contributed by atoms with Crippen molar-refractivity contribution in [1.82, 2.24) is 4.58 Å². The van der Waals surface area contributed by atoms with Gasteiger partial charge < -0.3 is 18.8 Å². The molecule has 4 rings (SSSR count). The molecule has 0 bridgehead atoms. The van der Waals surface area contributed by atoms with Gasteiger partial charge in [-0.15, -0.1) is 0 Å². The maximum atomic E-state index is 13.2. The van der Waals surface area contributed by atoms with Crippen LogP contribution in [0.1, 0.15) is 38.1 Å². The highest BCUT2D eigenvalue weighted by Crippen LogP contribution is 2.42. The number of rotatable bonds is 12. The number of nitrogens with zero attached hydrogens (tertiary/aromatic N) is 2. The fourth-order valence-corrected chi connectivity index (χ4v) is 5.04. The van der Waals surface area contributed by atoms with E-state index in [-0.39, 0.29) is 19.8 Å². The molecule has 2 aromatic carbocycles. The van der Waals surface area contributed by atoms with E-state index in [1.165, 1.54) is 0 Å². The molecule has 206 valence electrons. The van der Waals surface area contributed by atoms with Gasteiger partial charge in [0.1, 0.15) is 37.7 Å². The zero-order valence-electron chi connectivity index (χ0n) is 23.3. The molecule has 2 aliphatic rings. The van der Waals surface area contributed by atoms with E-state index in [0.29, 0.717) is 5.56 Å². The molecule has 0 fully saturated rings. The lowest BCUT2D eigenvalue weighted by Crippen LogP contribution is -2.29. The van der Waals surface area contributed by atoms with Crippen LogP contribution >= 0.6 is 0 Å². The van der Waals surface area contributed by atoms with Gasteiger partial charge in [0.2, 0.25) is 5.36 Å². The maximum Gasteiger partial charge on any atom is 0.338 e. The number of carbonyl (C=O) groups excluding carboxylic acids is 1. The maximum absolute atomic E-state index is 13.2. The highest BCUT2D eigenvalue weighted by atomic mass is 18.2. The molecule has 1 aliphatic carbocycles. The average molecular weight is 533 g/mol. The molecule has 2 aromatic rings. The van der Waals surface area contributed by atoms with Crippen molar-refractivity contribution in [2.75, 3.05) is 57.6 Å². The molecule has 1 heterocycles. The number of hydrogen-bond acceptors (Lipinski definition) is 5. The van der Waals surface area contributed by atoms with E-state index in [9.17, 15) is 9.18 Å². The van der Waals surface area contributed by atoms with Crippen LogP contribution < -0.4 is 14.8 Å². The minimum Gasteiger partial charge on any atom is -0.460 e. The lowest BCUT2D eigenvalue weighted by Gasteiger charge is -2.22. The number of carbonyl (C=O) groups is 1. The van der Waals surface area contributed by atoms with Crippen LogP contribution in [0.3, 0.4) is 0 Å². The molecule has 0 radical (unpaired) electrons. The summed E-state index contributed by atoms with van der Waals surface area (Å²) in [4.78, 5) is 15.5. The minimum atomic E-state index is -0.567. The van der Waals surface area contributed by atoms with Crippen LogP contribution in [-0.2, 0) is 9.47 Å². The van der Waals surface area contributed by atoms with Crippen molar-refractivity contribution >= 4 is 22.6 Å². The number of fused-ring (bicyclic) bond motifs is 2. The normalized spacial score (nSPS) is 11.2. The van der Waals surface area contributed by atoms with E-state index in [0.717, 1.165) is 70.6 Å². The summed E-state index contributed by atoms with van der Waals surface area (Å²) in [6.45, 7) is 11.7. The predicted octanol–water partition coefficient (Wildman–Crippen LogP) is 6.01. The van der Waals surface area contributed by atoms with Crippen molar-refractivity contribution in [2.24, 2.45) is 0 Å². The SMILES string of the molecule is CCN(CC)c1ccc2c(-c3ccccc3C(=O)OCCOCC[18F])c3ccc(=[N+](CC)CC)cc-3oc2c1. The molecule has 0 unspecified atom stereocenters. The Morgan fingerprint density at radius 2 is 1.67 bits per heavy atom. The van der Waals surface area contributed by atoms with Crippen molar-refractivity contribution < 1.29 is 23.1 Å². The van der Waals surface area contributed by atoms with Crippen LogP contribution in [0.2, 0.25) is 0 Å². The quantitative estimate of drug-likeness (QED) is 0.0969. The van der Waals surface area contributed by atoms with Gasteiger partial charge >= 0.3 is 5.97 Å². The van der Waals surface area contributed by atoms with Gasteiger partial charge in [0.05, 0.1) is 24.8 Å². The molecule has 0 saturated carbocycles. The van der Waals surface area contributed by atoms with Crippen LogP contribution in [-0.4, -0.2) is 58.6 Å². The van der Waals surface area contributed by atoms with E-state index in [2.05, 4.69) is 73.6 Å². The summed E-state index contributed by atoms with van der Waals surface area (Å²) in [5.41, 5.74) is 4.90. The zero-order valence-corrected chi connectivity index (χ0v) is 23.3. The highest BCUT2D eigenvalue weighted by Gasteiger charge is 2.23. The number of halogens is 1. The van der Waals surface area contributed by atoms with Gasteiger partial charge in [0.15, 0.2) is 0 Å². The summed E-state index contributed by atoms with van der Waals surface area (Å²) < 4.78 is 31.8. The number of benzene rings is 3. The Balaban J connectivity index is 1.93. The predicted molar refractivity (Wildman–Crippen MR) is 155 cm³/mol. The molecule has 0 N–H and O–H groups in total. The molecule has 0 spiro atoms. The van der Waals surface area contributed by atoms with Crippen molar-refractivity contribution in [3.63, 3.8) is 0 Å². The standard InChI is InChI=1S/C32H38FN2O4/c1-5-34(6-2)23-13-15-27-29(21-23)39-30-22-24(35(7-3)8-4)14-16-28(30)31(27)25-11-9-10-12-26(25)32(36)38-20-19-37-18-17-33/h9-16,21-22H,5-8,17-20H2,1-4H3/q+1/i33-1. The van der Waals surface area contributed by atoms with Crippen LogP contribution in [0.5, 0.6) is 0 Å². The van der Waals surface area contributed by atoms with E-state index in [1.807, 2.05) is 18.2 Å². The Hall–Kier alpha value is -3.71. The molecule has 0 saturated heterocycles. The largest absolute Gasteiger partial charge is 0.460 e. The van der Waals surface area contributed by atoms with Crippen molar-refractivity contribution in [2.45, 2.75) is 27.7 Å². The molecule has 7 heteroatoms. The number of hydrogen-bond donors (Lipinski definition) is 0. The third-order valence-corrected chi connectivity index (χ3v) is 7.04. The van der Waals surface area contributed by atoms with Crippen LogP contribution in [0.15, 0.2) is 65.1 Å². The lowest BCUT2D eigenvalue weighted by atomic mass is 9.90. The molecule has 0 amide bonds. The van der Waals surface area contributed by atoms with E-state index in [1.54, 1.807) is 6.07 Å². The van der Waals surface area contributed by atoms with E-state index >= 15 is 0 Å². The van der Waals surface area contributed by atoms with Gasteiger partial charge in [0.25, 0.3) is 0 Å². The Kier molecular flexibility index (Phi) is 9.71. The zero-order chi connectivity index (χ0) is 27.8. The molecule has 6 nitrogen and oxygen atoms in total. The fourth-order valence-electron chi connectivity index (χ4n) is 5.04. The van der Waals surface area contributed by atoms with Gasteiger partial charge in [-0.3, -0.25) is 0 Å². The summed E-state index contributed by atoms with van der Waals surface area (Å²) in [7, 11) is 0. The van der Waals surface area contributed by atoms with Crippen LogP contribution in [0.4, 0.5) is 10.1 Å². The average Bonchev–Trinajstić information content (AvgIpc) is 2.97. The Bertz CT molecular complexity index is 1450. The Morgan fingerprint density at radius 3 is 2.38 bits per heavy atom. The number of anilines is 1. The molecule has 39 heavy (non-hydrogen) atoms. The monoisotopic (exact) mass is 532 g/mol. The second kappa shape index (κ2) is 13.4. The second-order valence-corrected chi connectivity index (χ2v) is 9.17. The van der Waals surface area contributed by atoms with E-state index < -0.39 is 12.6 Å². The minimum absolute atomic E-state index is 0.00934.